The van der Waals surface area contributed by atoms with Crippen molar-refractivity contribution in [3.05, 3.63) is 88.1 Å². The highest BCUT2D eigenvalue weighted by Gasteiger charge is 2.31. The van der Waals surface area contributed by atoms with Gasteiger partial charge in [0, 0.05) is 11.8 Å². The second kappa shape index (κ2) is 14.3. The van der Waals surface area contributed by atoms with Gasteiger partial charge in [0.15, 0.2) is 0 Å². The number of aryl methyl sites for hydroxylation is 2. The SMILES string of the molecule is CC.CC1=C(/C=C/C(C)=C/C=C/C(C)=C/C(=O)Nc2ccc(C)cc2C)C(C)(C)CCC1N=CN. The molecule has 1 aliphatic rings. The largest absolute Gasteiger partial charge is 0.390 e. The summed E-state index contributed by atoms with van der Waals surface area (Å²) in [6.07, 6.45) is 15.5. The second-order valence-electron chi connectivity index (χ2n) is 9.63. The van der Waals surface area contributed by atoms with E-state index in [1.165, 1.54) is 23.0 Å². The van der Waals surface area contributed by atoms with Gasteiger partial charge < -0.3 is 11.1 Å². The summed E-state index contributed by atoms with van der Waals surface area (Å²) in [6.45, 7) is 18.8. The van der Waals surface area contributed by atoms with Crippen molar-refractivity contribution < 1.29 is 4.79 Å². The molecule has 2 rings (SSSR count). The number of rotatable bonds is 7. The minimum absolute atomic E-state index is 0.124. The molecule has 0 bridgehead atoms. The van der Waals surface area contributed by atoms with E-state index >= 15 is 0 Å². The first kappa shape index (κ1) is 29.9. The molecule has 0 saturated carbocycles. The van der Waals surface area contributed by atoms with Crippen LogP contribution in [0, 0.1) is 19.3 Å². The van der Waals surface area contributed by atoms with Crippen molar-refractivity contribution in [3.63, 3.8) is 0 Å². The molecule has 1 unspecified atom stereocenters. The van der Waals surface area contributed by atoms with Crippen LogP contribution < -0.4 is 11.1 Å². The van der Waals surface area contributed by atoms with Crippen molar-refractivity contribution in [2.75, 3.05) is 5.32 Å². The van der Waals surface area contributed by atoms with E-state index in [4.69, 9.17) is 5.73 Å². The van der Waals surface area contributed by atoms with Gasteiger partial charge in [0.05, 0.1) is 12.4 Å². The van der Waals surface area contributed by atoms with E-state index in [1.54, 1.807) is 6.08 Å². The number of carbonyl (C=O) groups is 1. The molecule has 0 spiro atoms. The Labute approximate surface area is 213 Å². The van der Waals surface area contributed by atoms with Crippen molar-refractivity contribution >= 4 is 17.9 Å². The number of nitrogens with zero attached hydrogens (tertiary/aromatic N) is 1. The number of aliphatic imine (C=N–C) groups is 1. The fraction of sp³-hybridized carbons (Fsp3) is 0.419. The van der Waals surface area contributed by atoms with Crippen LogP contribution in [0.1, 0.15) is 72.4 Å². The van der Waals surface area contributed by atoms with Gasteiger partial charge in [0.25, 0.3) is 0 Å². The molecular weight excluding hydrogens is 430 g/mol. The summed E-state index contributed by atoms with van der Waals surface area (Å²) in [7, 11) is 0. The third-order valence-corrected chi connectivity index (χ3v) is 6.19. The first-order chi connectivity index (χ1) is 16.5. The first-order valence-electron chi connectivity index (χ1n) is 12.6. The maximum Gasteiger partial charge on any atom is 0.248 e. The Hall–Kier alpha value is -3.14. The fourth-order valence-corrected chi connectivity index (χ4v) is 4.21. The van der Waals surface area contributed by atoms with Crippen molar-refractivity contribution in [3.8, 4) is 0 Å². The van der Waals surface area contributed by atoms with Crippen LogP contribution >= 0.6 is 0 Å². The molecule has 1 atom stereocenters. The zero-order chi connectivity index (χ0) is 26.6. The lowest BCUT2D eigenvalue weighted by Crippen LogP contribution is -2.26. The molecular formula is C31H45N3O. The van der Waals surface area contributed by atoms with Crippen molar-refractivity contribution in [1.82, 2.24) is 0 Å². The van der Waals surface area contributed by atoms with Crippen LogP contribution in [0.4, 0.5) is 5.69 Å². The summed E-state index contributed by atoms with van der Waals surface area (Å²) in [5.41, 5.74) is 13.4. The quantitative estimate of drug-likeness (QED) is 0.183. The lowest BCUT2D eigenvalue weighted by molar-refractivity contribution is -0.111. The summed E-state index contributed by atoms with van der Waals surface area (Å²) in [4.78, 5) is 16.8. The van der Waals surface area contributed by atoms with E-state index in [-0.39, 0.29) is 17.4 Å². The van der Waals surface area contributed by atoms with Crippen molar-refractivity contribution in [2.24, 2.45) is 16.1 Å². The number of carbonyl (C=O) groups excluding carboxylic acids is 1. The summed E-state index contributed by atoms with van der Waals surface area (Å²) in [5, 5.41) is 2.95. The van der Waals surface area contributed by atoms with Gasteiger partial charge in [-0.1, -0.05) is 81.3 Å². The smallest absolute Gasteiger partial charge is 0.248 e. The lowest BCUT2D eigenvalue weighted by atomic mass is 9.71. The number of hydrogen-bond acceptors (Lipinski definition) is 2. The molecule has 0 aromatic heterocycles. The van der Waals surface area contributed by atoms with Crippen LogP contribution in [-0.4, -0.2) is 18.3 Å². The number of nitrogens with one attached hydrogen (secondary N) is 1. The normalized spacial score (nSPS) is 18.8. The van der Waals surface area contributed by atoms with Crippen LogP contribution in [0.3, 0.4) is 0 Å². The molecule has 4 heteroatoms. The number of amides is 1. The van der Waals surface area contributed by atoms with Gasteiger partial charge in [0.1, 0.15) is 0 Å². The minimum Gasteiger partial charge on any atom is -0.390 e. The highest BCUT2D eigenvalue weighted by atomic mass is 16.1. The topological polar surface area (TPSA) is 67.5 Å². The molecule has 0 aliphatic heterocycles. The Morgan fingerprint density at radius 2 is 1.80 bits per heavy atom. The van der Waals surface area contributed by atoms with Crippen LogP contribution in [0.25, 0.3) is 0 Å². The Morgan fingerprint density at radius 3 is 2.43 bits per heavy atom. The summed E-state index contributed by atoms with van der Waals surface area (Å²) in [5.74, 6) is -0.124. The van der Waals surface area contributed by atoms with Gasteiger partial charge in [0.2, 0.25) is 5.91 Å². The molecule has 0 radical (unpaired) electrons. The number of nitrogens with two attached hydrogens (primary N) is 1. The molecule has 35 heavy (non-hydrogen) atoms. The van der Waals surface area contributed by atoms with E-state index in [9.17, 15) is 4.79 Å². The van der Waals surface area contributed by atoms with Gasteiger partial charge in [-0.2, -0.15) is 0 Å². The van der Waals surface area contributed by atoms with Crippen molar-refractivity contribution in [1.29, 1.82) is 0 Å². The molecule has 0 fully saturated rings. The molecule has 0 saturated heterocycles. The van der Waals surface area contributed by atoms with Crippen molar-refractivity contribution in [2.45, 2.75) is 81.2 Å². The Balaban J connectivity index is 0.00000298. The van der Waals surface area contributed by atoms with E-state index in [2.05, 4.69) is 62.3 Å². The van der Waals surface area contributed by atoms with Crippen LogP contribution in [0.5, 0.6) is 0 Å². The standard InChI is InChI=1S/C29H39N3O.C2H6/c1-20(11-13-25-24(5)27(31-19-30)15-16-29(25,6)7)9-8-10-21(2)18-28(33)32-26-14-12-22(3)17-23(26)4;1-2/h8-14,17-19,27H,15-16H2,1-7H3,(H2,30,31)(H,32,33);1-2H3/b10-8+,13-11+,20-9+,21-18+;. The molecule has 0 heterocycles. The molecule has 190 valence electrons. The fourth-order valence-electron chi connectivity index (χ4n) is 4.21. The van der Waals surface area contributed by atoms with E-state index < -0.39 is 0 Å². The van der Waals surface area contributed by atoms with E-state index in [0.29, 0.717) is 0 Å². The summed E-state index contributed by atoms with van der Waals surface area (Å²) >= 11 is 0. The van der Waals surface area contributed by atoms with Gasteiger partial charge in [-0.3, -0.25) is 9.79 Å². The van der Waals surface area contributed by atoms with Gasteiger partial charge in [-0.15, -0.1) is 0 Å². The number of hydrogen-bond donors (Lipinski definition) is 2. The second-order valence-corrected chi connectivity index (χ2v) is 9.63. The third-order valence-electron chi connectivity index (χ3n) is 6.19. The maximum atomic E-state index is 12.3. The van der Waals surface area contributed by atoms with Crippen LogP contribution in [0.2, 0.25) is 0 Å². The molecule has 4 nitrogen and oxygen atoms in total. The summed E-state index contributed by atoms with van der Waals surface area (Å²) in [6, 6.07) is 6.17. The zero-order valence-corrected chi connectivity index (χ0v) is 23.2. The Morgan fingerprint density at radius 1 is 1.11 bits per heavy atom. The monoisotopic (exact) mass is 475 g/mol. The van der Waals surface area contributed by atoms with Gasteiger partial charge >= 0.3 is 0 Å². The molecule has 3 N–H and O–H groups in total. The number of allylic oxidation sites excluding steroid dienone is 8. The zero-order valence-electron chi connectivity index (χ0n) is 23.2. The highest BCUT2D eigenvalue weighted by Crippen LogP contribution is 2.41. The number of anilines is 1. The van der Waals surface area contributed by atoms with E-state index in [0.717, 1.165) is 35.2 Å². The first-order valence-corrected chi connectivity index (χ1v) is 12.6. The summed E-state index contributed by atoms with van der Waals surface area (Å²) < 4.78 is 0. The molecule has 1 amide bonds. The maximum absolute atomic E-state index is 12.3. The van der Waals surface area contributed by atoms with Crippen LogP contribution in [0.15, 0.2) is 81.9 Å². The van der Waals surface area contributed by atoms with Gasteiger partial charge in [-0.05, 0) is 81.2 Å². The molecule has 1 aliphatic carbocycles. The molecule has 1 aromatic rings. The van der Waals surface area contributed by atoms with Gasteiger partial charge in [-0.25, -0.2) is 0 Å². The van der Waals surface area contributed by atoms with Crippen LogP contribution in [-0.2, 0) is 4.79 Å². The number of benzene rings is 1. The van der Waals surface area contributed by atoms with E-state index in [1.807, 2.05) is 58.9 Å². The highest BCUT2D eigenvalue weighted by molar-refractivity contribution is 6.00. The Bertz CT molecular complexity index is 1050. The minimum atomic E-state index is -0.124. The average molecular weight is 476 g/mol. The molecule has 1 aromatic carbocycles. The third kappa shape index (κ3) is 9.56. The average Bonchev–Trinajstić information content (AvgIpc) is 2.79. The predicted molar refractivity (Wildman–Crippen MR) is 154 cm³/mol. The Kier molecular flexibility index (Phi) is 12.2. The predicted octanol–water partition coefficient (Wildman–Crippen LogP) is 7.77. The lowest BCUT2D eigenvalue weighted by Gasteiger charge is -2.36.